The smallest absolute Gasteiger partial charge is 0.239 e. The molecule has 0 radical (unpaired) electrons. The Kier molecular flexibility index (Phi) is 3.50. The van der Waals surface area contributed by atoms with Gasteiger partial charge in [-0.3, -0.25) is 4.79 Å². The highest BCUT2D eigenvalue weighted by molar-refractivity contribution is 5.83. The third-order valence-corrected chi connectivity index (χ3v) is 3.92. The first-order chi connectivity index (χ1) is 7.64. The molecule has 0 saturated carbocycles. The van der Waals surface area contributed by atoms with E-state index in [1.165, 1.54) is 0 Å². The van der Waals surface area contributed by atoms with Gasteiger partial charge in [0.15, 0.2) is 0 Å². The lowest BCUT2D eigenvalue weighted by molar-refractivity contribution is -0.131. The summed E-state index contributed by atoms with van der Waals surface area (Å²) >= 11 is 0. The first-order valence-electron chi connectivity index (χ1n) is 6.18. The van der Waals surface area contributed by atoms with E-state index in [0.717, 1.165) is 45.6 Å². The molecule has 1 unspecified atom stereocenters. The predicted octanol–water partition coefficient (Wildman–Crippen LogP) is 0.623. The lowest BCUT2D eigenvalue weighted by Crippen LogP contribution is -2.43. The zero-order valence-electron chi connectivity index (χ0n) is 10.3. The quantitative estimate of drug-likeness (QED) is 0.767. The molecule has 0 bridgehead atoms. The van der Waals surface area contributed by atoms with Gasteiger partial charge in [-0.15, -0.1) is 0 Å². The lowest BCUT2D eigenvalue weighted by atomic mass is 9.82. The number of hydrogen-bond acceptors (Lipinski definition) is 3. The summed E-state index contributed by atoms with van der Waals surface area (Å²) in [6, 6.07) is 0.0449. The Morgan fingerprint density at radius 3 is 2.75 bits per heavy atom. The number of nitrogens with one attached hydrogen (secondary N) is 1. The van der Waals surface area contributed by atoms with Gasteiger partial charge < -0.3 is 15.0 Å². The van der Waals surface area contributed by atoms with Crippen LogP contribution in [0.25, 0.3) is 0 Å². The highest BCUT2D eigenvalue weighted by atomic mass is 16.5. The Labute approximate surface area is 97.3 Å². The van der Waals surface area contributed by atoms with Crippen molar-refractivity contribution < 1.29 is 9.53 Å². The average Bonchev–Trinajstić information content (AvgIpc) is 2.60. The van der Waals surface area contributed by atoms with Crippen molar-refractivity contribution in [2.45, 2.75) is 32.2 Å². The van der Waals surface area contributed by atoms with Gasteiger partial charge in [0.2, 0.25) is 5.91 Å². The molecule has 2 saturated heterocycles. The summed E-state index contributed by atoms with van der Waals surface area (Å²) < 4.78 is 5.38. The van der Waals surface area contributed by atoms with Gasteiger partial charge in [0.1, 0.15) is 0 Å². The van der Waals surface area contributed by atoms with Crippen LogP contribution in [0.4, 0.5) is 0 Å². The molecule has 2 aliphatic heterocycles. The van der Waals surface area contributed by atoms with Crippen LogP contribution in [-0.4, -0.2) is 50.2 Å². The number of likely N-dealkylation sites (tertiary alicyclic amines) is 1. The van der Waals surface area contributed by atoms with E-state index in [1.807, 2.05) is 11.9 Å². The molecule has 0 aromatic rings. The van der Waals surface area contributed by atoms with Crippen molar-refractivity contribution in [2.24, 2.45) is 5.41 Å². The zero-order chi connectivity index (χ0) is 11.6. The number of amides is 1. The maximum atomic E-state index is 12.0. The Morgan fingerprint density at radius 1 is 1.50 bits per heavy atom. The maximum absolute atomic E-state index is 12.0. The van der Waals surface area contributed by atoms with Crippen molar-refractivity contribution in [1.29, 1.82) is 0 Å². The van der Waals surface area contributed by atoms with Crippen LogP contribution in [-0.2, 0) is 9.53 Å². The number of nitrogens with zero attached hydrogens (tertiary/aromatic N) is 1. The Hall–Kier alpha value is -0.610. The molecule has 0 spiro atoms. The van der Waals surface area contributed by atoms with Crippen LogP contribution in [0.3, 0.4) is 0 Å². The second kappa shape index (κ2) is 4.72. The van der Waals surface area contributed by atoms with Gasteiger partial charge in [0, 0.05) is 26.3 Å². The molecule has 0 aliphatic carbocycles. The van der Waals surface area contributed by atoms with Crippen LogP contribution in [0, 0.1) is 5.41 Å². The highest BCUT2D eigenvalue weighted by Crippen LogP contribution is 2.31. The maximum Gasteiger partial charge on any atom is 0.239 e. The Balaban J connectivity index is 1.92. The van der Waals surface area contributed by atoms with E-state index < -0.39 is 0 Å². The molecule has 16 heavy (non-hydrogen) atoms. The summed E-state index contributed by atoms with van der Waals surface area (Å²) in [5.74, 6) is 0.273. The molecule has 4 heteroatoms. The molecular weight excluding hydrogens is 204 g/mol. The molecule has 1 N–H and O–H groups in total. The molecule has 2 aliphatic rings. The molecule has 0 aromatic carbocycles. The van der Waals surface area contributed by atoms with Crippen molar-refractivity contribution in [1.82, 2.24) is 10.2 Å². The van der Waals surface area contributed by atoms with Crippen molar-refractivity contribution in [3.05, 3.63) is 0 Å². The number of hydrogen-bond donors (Lipinski definition) is 1. The van der Waals surface area contributed by atoms with Gasteiger partial charge in [-0.05, 0) is 31.7 Å². The van der Waals surface area contributed by atoms with Crippen molar-refractivity contribution in [2.75, 3.05) is 33.4 Å². The Morgan fingerprint density at radius 2 is 2.19 bits per heavy atom. The van der Waals surface area contributed by atoms with Gasteiger partial charge in [-0.1, -0.05) is 6.92 Å². The second-order valence-electron chi connectivity index (χ2n) is 5.31. The average molecular weight is 226 g/mol. The normalized spacial score (nSPS) is 29.8. The van der Waals surface area contributed by atoms with E-state index in [2.05, 4.69) is 12.2 Å². The molecule has 4 nitrogen and oxygen atoms in total. The standard InChI is InChI=1S/C12H22N2O2/c1-12(4-7-16-8-5-12)9-14-6-3-10(13-2)11(14)15/h10,13H,3-9H2,1-2H3. The minimum atomic E-state index is 0.0449. The zero-order valence-corrected chi connectivity index (χ0v) is 10.3. The molecule has 2 rings (SSSR count). The molecule has 1 atom stereocenters. The Bertz CT molecular complexity index is 262. The molecule has 2 fully saturated rings. The van der Waals surface area contributed by atoms with Crippen LogP contribution in [0.5, 0.6) is 0 Å². The lowest BCUT2D eigenvalue weighted by Gasteiger charge is -2.36. The summed E-state index contributed by atoms with van der Waals surface area (Å²) in [6.07, 6.45) is 3.09. The topological polar surface area (TPSA) is 41.6 Å². The molecule has 2 heterocycles. The molecule has 0 aromatic heterocycles. The predicted molar refractivity (Wildman–Crippen MR) is 62.2 cm³/mol. The monoisotopic (exact) mass is 226 g/mol. The number of rotatable bonds is 3. The van der Waals surface area contributed by atoms with Gasteiger partial charge in [-0.25, -0.2) is 0 Å². The second-order valence-corrected chi connectivity index (χ2v) is 5.31. The number of likely N-dealkylation sites (N-methyl/N-ethyl adjacent to an activating group) is 1. The van der Waals surface area contributed by atoms with E-state index in [-0.39, 0.29) is 17.4 Å². The fourth-order valence-electron chi connectivity index (χ4n) is 2.65. The van der Waals surface area contributed by atoms with Crippen LogP contribution < -0.4 is 5.32 Å². The third kappa shape index (κ3) is 2.38. The largest absolute Gasteiger partial charge is 0.381 e. The SMILES string of the molecule is CNC1CCN(CC2(C)CCOCC2)C1=O. The van der Waals surface area contributed by atoms with Gasteiger partial charge in [-0.2, -0.15) is 0 Å². The van der Waals surface area contributed by atoms with Crippen LogP contribution in [0.1, 0.15) is 26.2 Å². The summed E-state index contributed by atoms with van der Waals surface area (Å²) in [5.41, 5.74) is 0.260. The van der Waals surface area contributed by atoms with Gasteiger partial charge in [0.05, 0.1) is 6.04 Å². The fraction of sp³-hybridized carbons (Fsp3) is 0.917. The number of ether oxygens (including phenoxy) is 1. The van der Waals surface area contributed by atoms with Crippen molar-refractivity contribution >= 4 is 5.91 Å². The summed E-state index contributed by atoms with van der Waals surface area (Å²) in [7, 11) is 1.86. The molecule has 1 amide bonds. The molecule has 92 valence electrons. The van der Waals surface area contributed by atoms with E-state index in [1.54, 1.807) is 0 Å². The minimum absolute atomic E-state index is 0.0449. The van der Waals surface area contributed by atoms with E-state index in [0.29, 0.717) is 0 Å². The first kappa shape index (κ1) is 11.9. The van der Waals surface area contributed by atoms with Gasteiger partial charge >= 0.3 is 0 Å². The summed E-state index contributed by atoms with van der Waals surface area (Å²) in [4.78, 5) is 14.0. The summed E-state index contributed by atoms with van der Waals surface area (Å²) in [6.45, 7) is 5.76. The minimum Gasteiger partial charge on any atom is -0.381 e. The number of carbonyl (C=O) groups is 1. The van der Waals surface area contributed by atoms with Crippen LogP contribution in [0.15, 0.2) is 0 Å². The molecular formula is C12H22N2O2. The summed E-state index contributed by atoms with van der Waals surface area (Å²) in [5, 5.41) is 3.08. The van der Waals surface area contributed by atoms with Crippen LogP contribution in [0.2, 0.25) is 0 Å². The fourth-order valence-corrected chi connectivity index (χ4v) is 2.65. The van der Waals surface area contributed by atoms with E-state index in [4.69, 9.17) is 4.74 Å². The van der Waals surface area contributed by atoms with Gasteiger partial charge in [0.25, 0.3) is 0 Å². The third-order valence-electron chi connectivity index (χ3n) is 3.92. The van der Waals surface area contributed by atoms with E-state index >= 15 is 0 Å². The first-order valence-corrected chi connectivity index (χ1v) is 6.18. The van der Waals surface area contributed by atoms with Crippen molar-refractivity contribution in [3.63, 3.8) is 0 Å². The van der Waals surface area contributed by atoms with E-state index in [9.17, 15) is 4.79 Å². The van der Waals surface area contributed by atoms with Crippen LogP contribution >= 0.6 is 0 Å². The number of carbonyl (C=O) groups excluding carboxylic acids is 1. The highest BCUT2D eigenvalue weighted by Gasteiger charge is 2.36. The van der Waals surface area contributed by atoms with Crippen molar-refractivity contribution in [3.8, 4) is 0 Å².